The molecule has 2 heterocycles. The minimum absolute atomic E-state index is 0.112. The van der Waals surface area contributed by atoms with E-state index in [1.807, 2.05) is 18.2 Å². The molecule has 122 valence electrons. The van der Waals surface area contributed by atoms with Crippen LogP contribution in [-0.2, 0) is 7.05 Å². The highest BCUT2D eigenvalue weighted by atomic mass is 16.6. The normalized spacial score (nSPS) is 14.6. The Balaban J connectivity index is 1.82. The van der Waals surface area contributed by atoms with Crippen molar-refractivity contribution in [3.05, 3.63) is 41.7 Å². The number of nitrogens with one attached hydrogen (secondary N) is 1. The molecule has 1 N–H and O–H groups in total. The van der Waals surface area contributed by atoms with Crippen molar-refractivity contribution in [3.8, 4) is 11.5 Å². The van der Waals surface area contributed by atoms with E-state index in [0.717, 1.165) is 17.1 Å². The Hall–Kier alpha value is -2.50. The van der Waals surface area contributed by atoms with Gasteiger partial charge in [-0.15, -0.1) is 0 Å². The van der Waals surface area contributed by atoms with Gasteiger partial charge in [0.15, 0.2) is 11.5 Å². The molecule has 0 aliphatic carbocycles. The minimum Gasteiger partial charge on any atom is -0.486 e. The fourth-order valence-electron chi connectivity index (χ4n) is 2.65. The molecule has 0 saturated carbocycles. The van der Waals surface area contributed by atoms with Crippen LogP contribution in [0.5, 0.6) is 11.5 Å². The van der Waals surface area contributed by atoms with E-state index in [4.69, 9.17) is 9.47 Å². The summed E-state index contributed by atoms with van der Waals surface area (Å²) >= 11 is 0. The number of rotatable bonds is 4. The molecule has 1 aliphatic heterocycles. The smallest absolute Gasteiger partial charge is 0.254 e. The highest BCUT2D eigenvalue weighted by Gasteiger charge is 2.22. The summed E-state index contributed by atoms with van der Waals surface area (Å²) in [7, 11) is 1.79. The van der Waals surface area contributed by atoms with E-state index >= 15 is 0 Å². The van der Waals surface area contributed by atoms with Crippen LogP contribution in [0.15, 0.2) is 30.6 Å². The summed E-state index contributed by atoms with van der Waals surface area (Å²) in [5.74, 6) is 1.58. The summed E-state index contributed by atoms with van der Waals surface area (Å²) in [4.78, 5) is 12.4. The third-order valence-corrected chi connectivity index (χ3v) is 3.85. The first kappa shape index (κ1) is 15.4. The van der Waals surface area contributed by atoms with E-state index in [1.54, 1.807) is 24.1 Å². The van der Waals surface area contributed by atoms with E-state index in [9.17, 15) is 4.79 Å². The van der Waals surface area contributed by atoms with Crippen LogP contribution < -0.4 is 14.8 Å². The highest BCUT2D eigenvalue weighted by molar-refractivity contribution is 5.94. The van der Waals surface area contributed by atoms with Crippen LogP contribution in [0.2, 0.25) is 0 Å². The second-order valence-corrected chi connectivity index (χ2v) is 6.00. The van der Waals surface area contributed by atoms with Crippen LogP contribution in [0.1, 0.15) is 35.8 Å². The standard InChI is InChI=1S/C17H21N3O3/c1-11(2)16(19-17(21)13-9-18-20(3)10-13)12-4-5-14-15(8-12)23-7-6-22-14/h4-5,8-11,16H,6-7H2,1-3H3,(H,19,21). The van der Waals surface area contributed by atoms with Gasteiger partial charge in [0.2, 0.25) is 0 Å². The van der Waals surface area contributed by atoms with Gasteiger partial charge in [0.25, 0.3) is 5.91 Å². The number of carbonyl (C=O) groups excluding carboxylic acids is 1. The number of hydrogen-bond donors (Lipinski definition) is 1. The minimum atomic E-state index is -0.133. The first-order valence-electron chi connectivity index (χ1n) is 7.73. The van der Waals surface area contributed by atoms with Crippen LogP contribution in [0.25, 0.3) is 0 Å². The lowest BCUT2D eigenvalue weighted by Crippen LogP contribution is -2.31. The van der Waals surface area contributed by atoms with Crippen LogP contribution in [0, 0.1) is 5.92 Å². The average molecular weight is 315 g/mol. The molecule has 0 radical (unpaired) electrons. The predicted molar refractivity (Wildman–Crippen MR) is 85.7 cm³/mol. The molecule has 1 atom stereocenters. The molecular weight excluding hydrogens is 294 g/mol. The number of ether oxygens (including phenoxy) is 2. The van der Waals surface area contributed by atoms with Crippen molar-refractivity contribution >= 4 is 5.91 Å². The number of nitrogens with zero attached hydrogens (tertiary/aromatic N) is 2. The van der Waals surface area contributed by atoms with Crippen molar-refractivity contribution in [1.29, 1.82) is 0 Å². The average Bonchev–Trinajstić information content (AvgIpc) is 2.98. The van der Waals surface area contributed by atoms with E-state index in [-0.39, 0.29) is 17.9 Å². The van der Waals surface area contributed by atoms with E-state index < -0.39 is 0 Å². The lowest BCUT2D eigenvalue weighted by Gasteiger charge is -2.25. The first-order chi connectivity index (χ1) is 11.0. The Kier molecular flexibility index (Phi) is 4.23. The number of fused-ring (bicyclic) bond motifs is 1. The summed E-state index contributed by atoms with van der Waals surface area (Å²) in [6.45, 7) is 5.26. The lowest BCUT2D eigenvalue weighted by atomic mass is 9.95. The fourth-order valence-corrected chi connectivity index (χ4v) is 2.65. The third-order valence-electron chi connectivity index (χ3n) is 3.85. The SMILES string of the molecule is CC(C)C(NC(=O)c1cnn(C)c1)c1ccc2c(c1)OCCO2. The molecule has 2 aromatic rings. The molecule has 6 heteroatoms. The zero-order valence-electron chi connectivity index (χ0n) is 13.6. The second-order valence-electron chi connectivity index (χ2n) is 6.00. The van der Waals surface area contributed by atoms with E-state index in [2.05, 4.69) is 24.3 Å². The molecule has 1 aromatic heterocycles. The number of aryl methyl sites for hydroxylation is 1. The number of aromatic nitrogens is 2. The van der Waals surface area contributed by atoms with Gasteiger partial charge in [0, 0.05) is 13.2 Å². The molecule has 0 fully saturated rings. The maximum absolute atomic E-state index is 12.4. The predicted octanol–water partition coefficient (Wildman–Crippen LogP) is 2.32. The van der Waals surface area contributed by atoms with Crippen LogP contribution in [0.4, 0.5) is 0 Å². The van der Waals surface area contributed by atoms with E-state index in [0.29, 0.717) is 18.8 Å². The van der Waals surface area contributed by atoms with Gasteiger partial charge in [-0.05, 0) is 23.6 Å². The zero-order valence-corrected chi connectivity index (χ0v) is 13.6. The quantitative estimate of drug-likeness (QED) is 0.940. The van der Waals surface area contributed by atoms with Gasteiger partial charge in [-0.1, -0.05) is 19.9 Å². The summed E-state index contributed by atoms with van der Waals surface area (Å²) in [5, 5.41) is 7.12. The maximum Gasteiger partial charge on any atom is 0.254 e. The molecule has 23 heavy (non-hydrogen) atoms. The Morgan fingerprint density at radius 3 is 2.65 bits per heavy atom. The Morgan fingerprint density at radius 1 is 1.26 bits per heavy atom. The molecule has 6 nitrogen and oxygen atoms in total. The summed E-state index contributed by atoms with van der Waals surface area (Å²) in [5.41, 5.74) is 1.55. The summed E-state index contributed by atoms with van der Waals surface area (Å²) in [6.07, 6.45) is 3.27. The largest absolute Gasteiger partial charge is 0.486 e. The third kappa shape index (κ3) is 3.31. The van der Waals surface area contributed by atoms with Crippen molar-refractivity contribution in [2.24, 2.45) is 13.0 Å². The summed E-state index contributed by atoms with van der Waals surface area (Å²) < 4.78 is 12.8. The van der Waals surface area contributed by atoms with Crippen molar-refractivity contribution in [2.75, 3.05) is 13.2 Å². The van der Waals surface area contributed by atoms with Crippen molar-refractivity contribution < 1.29 is 14.3 Å². The fraction of sp³-hybridized carbons (Fsp3) is 0.412. The highest BCUT2D eigenvalue weighted by Crippen LogP contribution is 2.34. The number of benzene rings is 1. The van der Waals surface area contributed by atoms with Crippen molar-refractivity contribution in [3.63, 3.8) is 0 Å². The molecule has 1 unspecified atom stereocenters. The second kappa shape index (κ2) is 6.32. The van der Waals surface area contributed by atoms with Gasteiger partial charge in [-0.3, -0.25) is 9.48 Å². The first-order valence-corrected chi connectivity index (χ1v) is 7.73. The van der Waals surface area contributed by atoms with Crippen LogP contribution in [-0.4, -0.2) is 28.9 Å². The molecular formula is C17H21N3O3. The molecule has 1 aromatic carbocycles. The Bertz CT molecular complexity index is 709. The number of amides is 1. The van der Waals surface area contributed by atoms with Gasteiger partial charge >= 0.3 is 0 Å². The molecule has 3 rings (SSSR count). The molecule has 0 bridgehead atoms. The zero-order chi connectivity index (χ0) is 16.4. The lowest BCUT2D eigenvalue weighted by molar-refractivity contribution is 0.0925. The molecule has 0 saturated heterocycles. The molecule has 0 spiro atoms. The Labute approximate surface area is 135 Å². The van der Waals surface area contributed by atoms with Crippen molar-refractivity contribution in [2.45, 2.75) is 19.9 Å². The monoisotopic (exact) mass is 315 g/mol. The Morgan fingerprint density at radius 2 is 2.00 bits per heavy atom. The molecule has 1 aliphatic rings. The summed E-state index contributed by atoms with van der Waals surface area (Å²) in [6, 6.07) is 5.71. The number of carbonyl (C=O) groups is 1. The topological polar surface area (TPSA) is 65.4 Å². The van der Waals surface area contributed by atoms with Gasteiger partial charge in [-0.2, -0.15) is 5.10 Å². The van der Waals surface area contributed by atoms with E-state index in [1.165, 1.54) is 0 Å². The van der Waals surface area contributed by atoms with Gasteiger partial charge in [0.1, 0.15) is 13.2 Å². The number of hydrogen-bond acceptors (Lipinski definition) is 4. The molecule has 1 amide bonds. The maximum atomic E-state index is 12.4. The van der Waals surface area contributed by atoms with Crippen molar-refractivity contribution in [1.82, 2.24) is 15.1 Å². The van der Waals surface area contributed by atoms with Gasteiger partial charge in [-0.25, -0.2) is 0 Å². The van der Waals surface area contributed by atoms with Gasteiger partial charge < -0.3 is 14.8 Å². The van der Waals surface area contributed by atoms with Crippen LogP contribution >= 0.6 is 0 Å². The van der Waals surface area contributed by atoms with Crippen LogP contribution in [0.3, 0.4) is 0 Å². The van der Waals surface area contributed by atoms with Gasteiger partial charge in [0.05, 0.1) is 17.8 Å².